The van der Waals surface area contributed by atoms with Crippen LogP contribution in [0.1, 0.15) is 38.7 Å². The van der Waals surface area contributed by atoms with Crippen LogP contribution < -0.4 is 10.1 Å². The summed E-state index contributed by atoms with van der Waals surface area (Å²) in [7, 11) is 0. The summed E-state index contributed by atoms with van der Waals surface area (Å²) in [5, 5.41) is 2.84. The smallest absolute Gasteiger partial charge is 0.258 e. The number of rotatable bonds is 6. The van der Waals surface area contributed by atoms with Gasteiger partial charge in [0, 0.05) is 13.1 Å². The molecular formula is C19H28N2O3. The highest BCUT2D eigenvalue weighted by molar-refractivity contribution is 5.88. The van der Waals surface area contributed by atoms with Gasteiger partial charge in [-0.25, -0.2) is 0 Å². The average molecular weight is 332 g/mol. The van der Waals surface area contributed by atoms with Gasteiger partial charge in [0.1, 0.15) is 11.8 Å². The van der Waals surface area contributed by atoms with E-state index in [9.17, 15) is 9.59 Å². The zero-order chi connectivity index (χ0) is 17.5. The molecule has 0 radical (unpaired) electrons. The third-order valence-electron chi connectivity index (χ3n) is 4.31. The second-order valence-corrected chi connectivity index (χ2v) is 6.78. The van der Waals surface area contributed by atoms with Gasteiger partial charge in [0.05, 0.1) is 0 Å². The Hall–Kier alpha value is -2.04. The third-order valence-corrected chi connectivity index (χ3v) is 4.31. The molecule has 1 saturated heterocycles. The highest BCUT2D eigenvalue weighted by atomic mass is 16.5. The van der Waals surface area contributed by atoms with E-state index >= 15 is 0 Å². The fourth-order valence-electron chi connectivity index (χ4n) is 2.82. The Morgan fingerprint density at radius 1 is 1.12 bits per heavy atom. The molecule has 0 spiro atoms. The zero-order valence-electron chi connectivity index (χ0n) is 14.9. The van der Waals surface area contributed by atoms with Crippen molar-refractivity contribution in [1.82, 2.24) is 10.2 Å². The van der Waals surface area contributed by atoms with Crippen LogP contribution in [0.25, 0.3) is 0 Å². The number of amides is 2. The number of nitrogens with zero attached hydrogens (tertiary/aromatic N) is 1. The Kier molecular flexibility index (Phi) is 6.64. The van der Waals surface area contributed by atoms with Gasteiger partial charge in [0.25, 0.3) is 5.91 Å². The molecule has 0 aliphatic carbocycles. The van der Waals surface area contributed by atoms with Crippen LogP contribution in [-0.4, -0.2) is 42.5 Å². The second kappa shape index (κ2) is 8.71. The Labute approximate surface area is 144 Å². The van der Waals surface area contributed by atoms with Crippen molar-refractivity contribution < 1.29 is 14.3 Å². The molecule has 0 unspecified atom stereocenters. The van der Waals surface area contributed by atoms with Crippen LogP contribution in [0.2, 0.25) is 0 Å². The number of piperidine rings is 1. The van der Waals surface area contributed by atoms with Crippen molar-refractivity contribution in [1.29, 1.82) is 0 Å². The Bertz CT molecular complexity index is 548. The molecule has 1 N–H and O–H groups in total. The molecule has 24 heavy (non-hydrogen) atoms. The Morgan fingerprint density at radius 2 is 1.75 bits per heavy atom. The van der Waals surface area contributed by atoms with Gasteiger partial charge in [-0.1, -0.05) is 31.5 Å². The maximum absolute atomic E-state index is 12.7. The van der Waals surface area contributed by atoms with E-state index in [1.807, 2.05) is 49.9 Å². The fraction of sp³-hybridized carbons (Fsp3) is 0.579. The number of hydrogen-bond donors (Lipinski definition) is 1. The van der Waals surface area contributed by atoms with Crippen molar-refractivity contribution in [3.05, 3.63) is 29.8 Å². The lowest BCUT2D eigenvalue weighted by atomic mass is 10.0. The maximum atomic E-state index is 12.7. The van der Waals surface area contributed by atoms with Gasteiger partial charge in [-0.15, -0.1) is 0 Å². The number of hydrogen-bond acceptors (Lipinski definition) is 3. The summed E-state index contributed by atoms with van der Waals surface area (Å²) in [6.45, 7) is 7.40. The fourth-order valence-corrected chi connectivity index (χ4v) is 2.82. The average Bonchev–Trinajstić information content (AvgIpc) is 2.59. The lowest BCUT2D eigenvalue weighted by Gasteiger charge is -2.32. The first-order chi connectivity index (χ1) is 11.5. The minimum Gasteiger partial charge on any atom is -0.484 e. The van der Waals surface area contributed by atoms with Crippen molar-refractivity contribution in [2.24, 2.45) is 5.92 Å². The summed E-state index contributed by atoms with van der Waals surface area (Å²) in [4.78, 5) is 26.7. The molecular weight excluding hydrogens is 304 g/mol. The molecule has 0 aromatic heterocycles. The van der Waals surface area contributed by atoms with Gasteiger partial charge in [0.2, 0.25) is 5.91 Å². The van der Waals surface area contributed by atoms with E-state index in [0.717, 1.165) is 31.5 Å². The second-order valence-electron chi connectivity index (χ2n) is 6.78. The summed E-state index contributed by atoms with van der Waals surface area (Å²) in [5.74, 6) is 0.454. The van der Waals surface area contributed by atoms with Gasteiger partial charge >= 0.3 is 0 Å². The van der Waals surface area contributed by atoms with E-state index in [2.05, 4.69) is 5.32 Å². The summed E-state index contributed by atoms with van der Waals surface area (Å²) >= 11 is 0. The van der Waals surface area contributed by atoms with E-state index in [0.29, 0.717) is 5.75 Å². The molecule has 5 nitrogen and oxygen atoms in total. The molecule has 1 aliphatic heterocycles. The number of aryl methyl sites for hydroxylation is 1. The monoisotopic (exact) mass is 332 g/mol. The van der Waals surface area contributed by atoms with Crippen LogP contribution >= 0.6 is 0 Å². The van der Waals surface area contributed by atoms with Crippen molar-refractivity contribution in [2.75, 3.05) is 19.7 Å². The predicted molar refractivity (Wildman–Crippen MR) is 93.9 cm³/mol. The molecule has 2 rings (SSSR count). The summed E-state index contributed by atoms with van der Waals surface area (Å²) in [5.41, 5.74) is 1.14. The number of nitrogens with one attached hydrogen (secondary N) is 1. The molecule has 2 amide bonds. The normalized spacial score (nSPS) is 15.9. The molecule has 0 saturated carbocycles. The predicted octanol–water partition coefficient (Wildman–Crippen LogP) is 2.53. The number of benzene rings is 1. The number of carbonyl (C=O) groups is 2. The minimum atomic E-state index is -0.489. The van der Waals surface area contributed by atoms with Crippen LogP contribution in [0, 0.1) is 12.8 Å². The van der Waals surface area contributed by atoms with Gasteiger partial charge < -0.3 is 15.0 Å². The molecule has 5 heteroatoms. The van der Waals surface area contributed by atoms with E-state index in [-0.39, 0.29) is 24.3 Å². The number of ether oxygens (including phenoxy) is 1. The lowest BCUT2D eigenvalue weighted by Crippen LogP contribution is -2.53. The van der Waals surface area contributed by atoms with Gasteiger partial charge in [-0.05, 0) is 44.2 Å². The maximum Gasteiger partial charge on any atom is 0.258 e. The summed E-state index contributed by atoms with van der Waals surface area (Å²) in [6.07, 6.45) is 3.26. The van der Waals surface area contributed by atoms with E-state index in [1.165, 1.54) is 6.42 Å². The van der Waals surface area contributed by atoms with Crippen LogP contribution in [0.3, 0.4) is 0 Å². The van der Waals surface area contributed by atoms with Gasteiger partial charge in [-0.2, -0.15) is 0 Å². The first kappa shape index (κ1) is 18.3. The molecule has 1 aromatic carbocycles. The highest BCUT2D eigenvalue weighted by Gasteiger charge is 2.29. The third kappa shape index (κ3) is 5.25. The zero-order valence-corrected chi connectivity index (χ0v) is 14.9. The number of carbonyl (C=O) groups excluding carboxylic acids is 2. The molecule has 1 heterocycles. The lowest BCUT2D eigenvalue weighted by molar-refractivity contribution is -0.138. The van der Waals surface area contributed by atoms with Crippen LogP contribution in [0.4, 0.5) is 0 Å². The standard InChI is InChI=1S/C19H28N2O3/c1-14(2)18(19(23)21-11-5-4-6-12-21)20-17(22)13-24-16-9-7-15(3)8-10-16/h7-10,14,18H,4-6,11-13H2,1-3H3,(H,20,22)/t18-/m0/s1. The molecule has 1 aromatic rings. The van der Waals surface area contributed by atoms with Crippen LogP contribution in [0.15, 0.2) is 24.3 Å². The summed E-state index contributed by atoms with van der Waals surface area (Å²) in [6, 6.07) is 7.05. The van der Waals surface area contributed by atoms with Crippen LogP contribution in [-0.2, 0) is 9.59 Å². The SMILES string of the molecule is Cc1ccc(OCC(=O)N[C@H](C(=O)N2CCCCC2)C(C)C)cc1. The molecule has 1 atom stereocenters. The first-order valence-corrected chi connectivity index (χ1v) is 8.75. The molecule has 1 aliphatic rings. The van der Waals surface area contributed by atoms with E-state index in [1.54, 1.807) is 0 Å². The quantitative estimate of drug-likeness (QED) is 0.871. The minimum absolute atomic E-state index is 0.0217. The van der Waals surface area contributed by atoms with Crippen molar-refractivity contribution in [3.8, 4) is 5.75 Å². The number of likely N-dealkylation sites (tertiary alicyclic amines) is 1. The molecule has 1 fully saturated rings. The Balaban J connectivity index is 1.88. The molecule has 132 valence electrons. The Morgan fingerprint density at radius 3 is 2.33 bits per heavy atom. The van der Waals surface area contributed by atoms with Gasteiger partial charge in [0.15, 0.2) is 6.61 Å². The van der Waals surface area contributed by atoms with E-state index < -0.39 is 6.04 Å². The van der Waals surface area contributed by atoms with Gasteiger partial charge in [-0.3, -0.25) is 9.59 Å². The van der Waals surface area contributed by atoms with Crippen molar-refractivity contribution in [3.63, 3.8) is 0 Å². The van der Waals surface area contributed by atoms with Crippen molar-refractivity contribution >= 4 is 11.8 Å². The van der Waals surface area contributed by atoms with Crippen molar-refractivity contribution in [2.45, 2.75) is 46.1 Å². The highest BCUT2D eigenvalue weighted by Crippen LogP contribution is 2.14. The molecule has 0 bridgehead atoms. The van der Waals surface area contributed by atoms with E-state index in [4.69, 9.17) is 4.74 Å². The topological polar surface area (TPSA) is 58.6 Å². The summed E-state index contributed by atoms with van der Waals surface area (Å²) < 4.78 is 5.49. The largest absolute Gasteiger partial charge is 0.484 e. The van der Waals surface area contributed by atoms with Crippen LogP contribution in [0.5, 0.6) is 5.75 Å². The first-order valence-electron chi connectivity index (χ1n) is 8.75.